The maximum Gasteiger partial charge on any atom is 0.255 e. The van der Waals surface area contributed by atoms with Crippen LogP contribution in [0.15, 0.2) is 16.0 Å². The van der Waals surface area contributed by atoms with E-state index in [1.807, 2.05) is 0 Å². The van der Waals surface area contributed by atoms with Gasteiger partial charge < -0.3 is 25.4 Å². The Bertz CT molecular complexity index is 537. The predicted octanol–water partition coefficient (Wildman–Crippen LogP) is -1.65. The molecule has 1 saturated heterocycles. The van der Waals surface area contributed by atoms with E-state index in [9.17, 15) is 20.1 Å². The molecule has 4 N–H and O–H groups in total. The fourth-order valence-electron chi connectivity index (χ4n) is 1.85. The molecule has 112 valence electrons. The molecule has 1 aliphatic rings. The van der Waals surface area contributed by atoms with Crippen molar-refractivity contribution in [3.63, 3.8) is 0 Å². The van der Waals surface area contributed by atoms with Crippen molar-refractivity contribution in [2.75, 3.05) is 18.2 Å². The van der Waals surface area contributed by atoms with Gasteiger partial charge in [0, 0.05) is 13.1 Å². The van der Waals surface area contributed by atoms with Gasteiger partial charge in [-0.15, -0.1) is 0 Å². The lowest BCUT2D eigenvalue weighted by atomic mass is 10.0. The average molecular weight is 303 g/mol. The molecule has 0 amide bonds. The Balaban J connectivity index is 2.18. The van der Waals surface area contributed by atoms with Crippen molar-refractivity contribution in [1.29, 1.82) is 0 Å². The molecule has 9 heteroatoms. The molecule has 0 unspecified atom stereocenters. The molecule has 0 radical (unpaired) electrons. The first-order valence-electron chi connectivity index (χ1n) is 5.98. The van der Waals surface area contributed by atoms with Crippen LogP contribution in [0.2, 0.25) is 0 Å². The van der Waals surface area contributed by atoms with Gasteiger partial charge in [0.15, 0.2) is 11.4 Å². The Morgan fingerprint density at radius 2 is 2.15 bits per heavy atom. The van der Waals surface area contributed by atoms with Gasteiger partial charge in [0.2, 0.25) is 0 Å². The second kappa shape index (κ2) is 6.10. The number of hydrogen-bond donors (Lipinski definition) is 4. The second-order valence-corrected chi connectivity index (χ2v) is 5.25. The fraction of sp³-hybridized carbons (Fsp3) is 0.636. The largest absolute Gasteiger partial charge is 0.388 e. The molecular weight excluding hydrogens is 286 g/mol. The number of hydrogen-bond acceptors (Lipinski definition) is 8. The molecule has 2 rings (SSSR count). The number of nitrogens with one attached hydrogen (secondary N) is 1. The van der Waals surface area contributed by atoms with E-state index in [0.717, 1.165) is 0 Å². The first-order chi connectivity index (χ1) is 9.43. The summed E-state index contributed by atoms with van der Waals surface area (Å²) in [6.07, 6.45) is -2.92. The Morgan fingerprint density at radius 1 is 1.45 bits per heavy atom. The number of rotatable bonds is 3. The van der Waals surface area contributed by atoms with Crippen LogP contribution < -0.4 is 10.9 Å². The summed E-state index contributed by atoms with van der Waals surface area (Å²) in [6, 6.07) is 1.27. The molecule has 0 spiro atoms. The summed E-state index contributed by atoms with van der Waals surface area (Å²) in [4.78, 5) is 15.9. The summed E-state index contributed by atoms with van der Waals surface area (Å²) >= 11 is 1.31. The number of nitrogens with zero attached hydrogens (tertiary/aromatic N) is 2. The molecule has 1 fully saturated rings. The van der Waals surface area contributed by atoms with Crippen molar-refractivity contribution >= 4 is 17.6 Å². The zero-order chi connectivity index (χ0) is 14.9. The van der Waals surface area contributed by atoms with Crippen LogP contribution in [-0.4, -0.2) is 62.3 Å². The molecule has 0 aromatic carbocycles. The number of ether oxygens (including phenoxy) is 1. The van der Waals surface area contributed by atoms with Crippen LogP contribution in [0.4, 0.5) is 5.82 Å². The van der Waals surface area contributed by atoms with Gasteiger partial charge >= 0.3 is 0 Å². The lowest BCUT2D eigenvalue weighted by Gasteiger charge is -2.35. The van der Waals surface area contributed by atoms with Crippen LogP contribution in [-0.2, 0) is 11.8 Å². The molecule has 8 nitrogen and oxygen atoms in total. The molecule has 0 bridgehead atoms. The number of anilines is 1. The molecule has 2 heterocycles. The molecule has 1 aliphatic heterocycles. The highest BCUT2D eigenvalue weighted by atomic mass is 32.2. The molecule has 1 aromatic rings. The third-order valence-electron chi connectivity index (χ3n) is 3.07. The Hall–Kier alpha value is -1.13. The summed E-state index contributed by atoms with van der Waals surface area (Å²) in [6.45, 7) is -0.115. The number of aliphatic hydroxyl groups is 3. The summed E-state index contributed by atoms with van der Waals surface area (Å²) in [5.74, 6) is 0.241. The first kappa shape index (κ1) is 15.3. The smallest absolute Gasteiger partial charge is 0.255 e. The fourth-order valence-corrected chi connectivity index (χ4v) is 2.41. The van der Waals surface area contributed by atoms with E-state index in [0.29, 0.717) is 5.16 Å². The van der Waals surface area contributed by atoms with Gasteiger partial charge in [-0.2, -0.15) is 0 Å². The van der Waals surface area contributed by atoms with Gasteiger partial charge in [0.25, 0.3) is 5.56 Å². The number of aliphatic hydroxyl groups excluding tert-OH is 3. The Morgan fingerprint density at radius 3 is 2.80 bits per heavy atom. The van der Waals surface area contributed by atoms with Gasteiger partial charge in [-0.1, -0.05) is 11.8 Å². The van der Waals surface area contributed by atoms with Crippen molar-refractivity contribution < 1.29 is 20.1 Å². The predicted molar refractivity (Wildman–Crippen MR) is 72.6 cm³/mol. The lowest BCUT2D eigenvalue weighted by Crippen LogP contribution is -2.55. The molecule has 0 saturated carbocycles. The van der Waals surface area contributed by atoms with Crippen LogP contribution >= 0.6 is 11.8 Å². The highest BCUT2D eigenvalue weighted by Crippen LogP contribution is 2.18. The third kappa shape index (κ3) is 2.96. The Kier molecular flexibility index (Phi) is 4.66. The molecule has 1 aromatic heterocycles. The van der Waals surface area contributed by atoms with E-state index in [4.69, 9.17) is 4.74 Å². The maximum absolute atomic E-state index is 11.7. The zero-order valence-corrected chi connectivity index (χ0v) is 11.9. The van der Waals surface area contributed by atoms with Crippen LogP contribution in [0, 0.1) is 0 Å². The minimum absolute atomic E-state index is 0.115. The standard InChI is InChI=1S/C11H17N3O5S/c1-14-7(16)3-6(13-11(14)20-2)12-10-9(18)8(17)5(15)4-19-10/h3,5,8-10,12,15,17-18H,4H2,1-2H3/t5-,8+,9-,10-/m1/s1. The van der Waals surface area contributed by atoms with Gasteiger partial charge in [-0.25, -0.2) is 4.98 Å². The first-order valence-corrected chi connectivity index (χ1v) is 7.21. The van der Waals surface area contributed by atoms with Crippen molar-refractivity contribution in [1.82, 2.24) is 9.55 Å². The van der Waals surface area contributed by atoms with Crippen LogP contribution in [0.3, 0.4) is 0 Å². The van der Waals surface area contributed by atoms with Crippen molar-refractivity contribution in [3.8, 4) is 0 Å². The summed E-state index contributed by atoms with van der Waals surface area (Å²) in [5.41, 5.74) is -0.252. The average Bonchev–Trinajstić information content (AvgIpc) is 2.43. The van der Waals surface area contributed by atoms with Gasteiger partial charge in [-0.05, 0) is 6.26 Å². The van der Waals surface area contributed by atoms with Gasteiger partial charge in [0.05, 0.1) is 6.61 Å². The molecular formula is C11H17N3O5S. The van der Waals surface area contributed by atoms with Crippen molar-refractivity contribution in [2.45, 2.75) is 29.7 Å². The van der Waals surface area contributed by atoms with Gasteiger partial charge in [0.1, 0.15) is 24.1 Å². The quantitative estimate of drug-likeness (QED) is 0.388. The van der Waals surface area contributed by atoms with Crippen molar-refractivity contribution in [2.24, 2.45) is 7.05 Å². The summed E-state index contributed by atoms with van der Waals surface area (Å²) in [5, 5.41) is 32.0. The van der Waals surface area contributed by atoms with E-state index in [1.54, 1.807) is 13.3 Å². The summed E-state index contributed by atoms with van der Waals surface area (Å²) < 4.78 is 6.59. The number of aromatic nitrogens is 2. The molecule has 4 atom stereocenters. The van der Waals surface area contributed by atoms with E-state index >= 15 is 0 Å². The summed E-state index contributed by atoms with van der Waals surface area (Å²) in [7, 11) is 1.61. The SMILES string of the molecule is CSc1nc(N[C@@H]2OC[C@@H](O)[C@H](O)[C@H]2O)cc(=O)n1C. The van der Waals surface area contributed by atoms with E-state index in [-0.39, 0.29) is 18.0 Å². The van der Waals surface area contributed by atoms with E-state index < -0.39 is 24.5 Å². The lowest BCUT2D eigenvalue weighted by molar-refractivity contribution is -0.178. The third-order valence-corrected chi connectivity index (χ3v) is 3.80. The highest BCUT2D eigenvalue weighted by Gasteiger charge is 2.37. The minimum Gasteiger partial charge on any atom is -0.388 e. The van der Waals surface area contributed by atoms with E-state index in [2.05, 4.69) is 10.3 Å². The molecule has 0 aliphatic carbocycles. The molecule has 20 heavy (non-hydrogen) atoms. The highest BCUT2D eigenvalue weighted by molar-refractivity contribution is 7.98. The second-order valence-electron chi connectivity index (χ2n) is 4.47. The zero-order valence-electron chi connectivity index (χ0n) is 11.1. The minimum atomic E-state index is -1.32. The van der Waals surface area contributed by atoms with Crippen molar-refractivity contribution in [3.05, 3.63) is 16.4 Å². The topological polar surface area (TPSA) is 117 Å². The maximum atomic E-state index is 11.7. The normalized spacial score (nSPS) is 30.2. The Labute approximate surface area is 119 Å². The van der Waals surface area contributed by atoms with Crippen LogP contribution in [0.1, 0.15) is 0 Å². The van der Waals surface area contributed by atoms with Crippen LogP contribution in [0.25, 0.3) is 0 Å². The monoisotopic (exact) mass is 303 g/mol. The van der Waals surface area contributed by atoms with Crippen LogP contribution in [0.5, 0.6) is 0 Å². The number of thioether (sulfide) groups is 1. The van der Waals surface area contributed by atoms with Gasteiger partial charge in [-0.3, -0.25) is 9.36 Å². The van der Waals surface area contributed by atoms with E-state index in [1.165, 1.54) is 22.4 Å².